The van der Waals surface area contributed by atoms with Gasteiger partial charge >= 0.3 is 6.03 Å². The highest BCUT2D eigenvalue weighted by Crippen LogP contribution is 2.33. The number of urea groups is 1. The summed E-state index contributed by atoms with van der Waals surface area (Å²) in [5.74, 6) is 1.09. The summed E-state index contributed by atoms with van der Waals surface area (Å²) in [6.07, 6.45) is 3.82. The second-order valence-corrected chi connectivity index (χ2v) is 6.86. The predicted molar refractivity (Wildman–Crippen MR) is 81.8 cm³/mol. The Kier molecular flexibility index (Phi) is 5.74. The average molecular weight is 310 g/mol. The van der Waals surface area contributed by atoms with Crippen LogP contribution in [0.25, 0.3) is 0 Å². The highest BCUT2D eigenvalue weighted by Gasteiger charge is 2.42. The van der Waals surface area contributed by atoms with Gasteiger partial charge in [0.15, 0.2) is 0 Å². The van der Waals surface area contributed by atoms with E-state index in [0.717, 1.165) is 25.0 Å². The van der Waals surface area contributed by atoms with E-state index in [0.29, 0.717) is 24.6 Å². The van der Waals surface area contributed by atoms with Crippen LogP contribution >= 0.6 is 11.8 Å². The first-order chi connectivity index (χ1) is 10.1. The molecule has 2 aliphatic heterocycles. The molecule has 0 saturated carbocycles. The van der Waals surface area contributed by atoms with Crippen molar-refractivity contribution in [2.45, 2.75) is 49.4 Å². The van der Waals surface area contributed by atoms with E-state index in [9.17, 15) is 9.59 Å². The van der Waals surface area contributed by atoms with Crippen LogP contribution in [0.4, 0.5) is 4.79 Å². The molecular formula is C14H22N4O2S. The molecule has 2 fully saturated rings. The Morgan fingerprint density at radius 1 is 1.48 bits per heavy atom. The van der Waals surface area contributed by atoms with Crippen LogP contribution in [0.15, 0.2) is 0 Å². The molecule has 2 aliphatic rings. The third-order valence-corrected chi connectivity index (χ3v) is 5.56. The van der Waals surface area contributed by atoms with E-state index in [1.165, 1.54) is 0 Å². The van der Waals surface area contributed by atoms with Gasteiger partial charge in [-0.1, -0.05) is 6.42 Å². The lowest BCUT2D eigenvalue weighted by Gasteiger charge is -2.17. The molecule has 0 radical (unpaired) electrons. The maximum Gasteiger partial charge on any atom is 0.315 e. The Bertz CT molecular complexity index is 437. The van der Waals surface area contributed by atoms with E-state index in [4.69, 9.17) is 5.26 Å². The molecule has 0 bridgehead atoms. The Morgan fingerprint density at radius 3 is 3.05 bits per heavy atom. The summed E-state index contributed by atoms with van der Waals surface area (Å²) in [6.45, 7) is 0.509. The molecule has 0 aliphatic carbocycles. The van der Waals surface area contributed by atoms with Crippen molar-refractivity contribution in [1.29, 1.82) is 5.26 Å². The van der Waals surface area contributed by atoms with E-state index >= 15 is 0 Å². The van der Waals surface area contributed by atoms with E-state index in [1.54, 1.807) is 11.9 Å². The van der Waals surface area contributed by atoms with Gasteiger partial charge in [-0.2, -0.15) is 17.0 Å². The Labute approximate surface area is 129 Å². The number of rotatable bonds is 7. The molecule has 6 nitrogen and oxygen atoms in total. The molecule has 21 heavy (non-hydrogen) atoms. The molecule has 2 rings (SSSR count). The number of carbonyl (C=O) groups excluding carboxylic acids is 2. The summed E-state index contributed by atoms with van der Waals surface area (Å²) in [5, 5.41) is 14.9. The molecule has 2 N–H and O–H groups in total. The quantitative estimate of drug-likeness (QED) is 0.544. The van der Waals surface area contributed by atoms with Crippen LogP contribution in [0.2, 0.25) is 0 Å². The number of nitrogens with zero attached hydrogens (tertiary/aromatic N) is 2. The zero-order valence-corrected chi connectivity index (χ0v) is 13.1. The fraction of sp³-hybridized carbons (Fsp3) is 0.786. The van der Waals surface area contributed by atoms with E-state index in [2.05, 4.69) is 10.6 Å². The third kappa shape index (κ3) is 4.27. The van der Waals surface area contributed by atoms with Crippen molar-refractivity contribution in [3.63, 3.8) is 0 Å². The minimum atomic E-state index is -0.0513. The van der Waals surface area contributed by atoms with Gasteiger partial charge in [-0.15, -0.1) is 0 Å². The molecule has 3 atom stereocenters. The summed E-state index contributed by atoms with van der Waals surface area (Å²) in [4.78, 5) is 24.7. The van der Waals surface area contributed by atoms with Crippen molar-refractivity contribution in [3.8, 4) is 6.07 Å². The molecule has 0 aromatic carbocycles. The summed E-state index contributed by atoms with van der Waals surface area (Å²) in [5.41, 5.74) is 0. The minimum absolute atomic E-state index is 0.0513. The summed E-state index contributed by atoms with van der Waals surface area (Å²) in [6, 6.07) is 2.51. The molecule has 2 saturated heterocycles. The highest BCUT2D eigenvalue weighted by molar-refractivity contribution is 8.00. The van der Waals surface area contributed by atoms with Crippen molar-refractivity contribution in [2.24, 2.45) is 0 Å². The number of unbranched alkanes of at least 4 members (excludes halogenated alkanes) is 1. The van der Waals surface area contributed by atoms with Gasteiger partial charge < -0.3 is 15.5 Å². The number of hydrogen-bond acceptors (Lipinski definition) is 4. The molecule has 3 amide bonds. The zero-order chi connectivity index (χ0) is 15.2. The number of nitrogens with one attached hydrogen (secondary N) is 2. The van der Waals surface area contributed by atoms with E-state index in [-0.39, 0.29) is 24.0 Å². The number of thioether (sulfide) groups is 1. The zero-order valence-electron chi connectivity index (χ0n) is 12.3. The summed E-state index contributed by atoms with van der Waals surface area (Å²) in [7, 11) is 1.75. The maximum absolute atomic E-state index is 11.8. The number of nitriles is 1. The Hall–Kier alpha value is -1.42. The van der Waals surface area contributed by atoms with Crippen LogP contribution < -0.4 is 10.6 Å². The number of hydrogen-bond donors (Lipinski definition) is 2. The molecule has 0 spiro atoms. The lowest BCUT2D eigenvalue weighted by Crippen LogP contribution is -2.36. The summed E-state index contributed by atoms with van der Waals surface area (Å²) >= 11 is 1.90. The second-order valence-electron chi connectivity index (χ2n) is 5.59. The van der Waals surface area contributed by atoms with Crippen molar-refractivity contribution in [3.05, 3.63) is 0 Å². The van der Waals surface area contributed by atoms with Crippen molar-refractivity contribution in [2.75, 3.05) is 19.3 Å². The predicted octanol–water partition coefficient (Wildman–Crippen LogP) is 1.08. The SMILES string of the molecule is CN(CCC#N)C(=O)CCCC[C@@H]1SC[C@@H]2NC(=O)N[C@@H]21. The van der Waals surface area contributed by atoms with Crippen molar-refractivity contribution in [1.82, 2.24) is 15.5 Å². The first-order valence-electron chi connectivity index (χ1n) is 7.41. The van der Waals surface area contributed by atoms with E-state index < -0.39 is 0 Å². The highest BCUT2D eigenvalue weighted by atomic mass is 32.2. The Morgan fingerprint density at radius 2 is 2.29 bits per heavy atom. The molecule has 2 heterocycles. The van der Waals surface area contributed by atoms with E-state index in [1.807, 2.05) is 17.8 Å². The van der Waals surface area contributed by atoms with Gasteiger partial charge in [0.1, 0.15) is 0 Å². The Balaban J connectivity index is 1.61. The largest absolute Gasteiger partial charge is 0.345 e. The van der Waals surface area contributed by atoms with Gasteiger partial charge in [0.2, 0.25) is 5.91 Å². The molecule has 0 unspecified atom stereocenters. The smallest absolute Gasteiger partial charge is 0.315 e. The fourth-order valence-electron chi connectivity index (χ4n) is 2.80. The van der Waals surface area contributed by atoms with Gasteiger partial charge in [-0.3, -0.25) is 4.79 Å². The second kappa shape index (κ2) is 7.55. The number of carbonyl (C=O) groups is 2. The maximum atomic E-state index is 11.8. The van der Waals surface area contributed by atoms with Crippen LogP contribution in [-0.4, -0.2) is 53.5 Å². The minimum Gasteiger partial charge on any atom is -0.345 e. The van der Waals surface area contributed by atoms with Gasteiger partial charge in [0.25, 0.3) is 0 Å². The van der Waals surface area contributed by atoms with Crippen LogP contribution in [-0.2, 0) is 4.79 Å². The number of amides is 3. The van der Waals surface area contributed by atoms with Crippen molar-refractivity contribution < 1.29 is 9.59 Å². The fourth-order valence-corrected chi connectivity index (χ4v) is 4.34. The normalized spacial score (nSPS) is 26.7. The van der Waals surface area contributed by atoms with Crippen molar-refractivity contribution >= 4 is 23.7 Å². The van der Waals surface area contributed by atoms with Gasteiger partial charge in [-0.25, -0.2) is 4.79 Å². The van der Waals surface area contributed by atoms with Crippen LogP contribution in [0.1, 0.15) is 32.1 Å². The third-order valence-electron chi connectivity index (χ3n) is 4.05. The molecular weight excluding hydrogens is 288 g/mol. The lowest BCUT2D eigenvalue weighted by molar-refractivity contribution is -0.129. The van der Waals surface area contributed by atoms with Crippen LogP contribution in [0, 0.1) is 11.3 Å². The van der Waals surface area contributed by atoms with Gasteiger partial charge in [0, 0.05) is 31.0 Å². The lowest BCUT2D eigenvalue weighted by atomic mass is 10.0. The number of fused-ring (bicyclic) bond motifs is 1. The monoisotopic (exact) mass is 310 g/mol. The summed E-state index contributed by atoms with van der Waals surface area (Å²) < 4.78 is 0. The average Bonchev–Trinajstić information content (AvgIpc) is 3.00. The van der Waals surface area contributed by atoms with Gasteiger partial charge in [-0.05, 0) is 12.8 Å². The first-order valence-corrected chi connectivity index (χ1v) is 8.46. The first kappa shape index (κ1) is 16.0. The van der Waals surface area contributed by atoms with Crippen LogP contribution in [0.3, 0.4) is 0 Å². The molecule has 0 aromatic rings. The topological polar surface area (TPSA) is 85.2 Å². The molecule has 7 heteroatoms. The molecule has 116 valence electrons. The van der Waals surface area contributed by atoms with Crippen LogP contribution in [0.5, 0.6) is 0 Å². The molecule has 0 aromatic heterocycles. The standard InChI is InChI=1S/C14H22N4O2S/c1-18(8-4-7-15)12(19)6-3-2-5-11-13-10(9-21-11)16-14(20)17-13/h10-11,13H,2-6,8-9H2,1H3,(H2,16,17,20)/t10-,11-,13-/m0/s1. The van der Waals surface area contributed by atoms with Gasteiger partial charge in [0.05, 0.1) is 24.6 Å².